The smallest absolute Gasteiger partial charge is 0.255 e. The van der Waals surface area contributed by atoms with Crippen LogP contribution in [0.25, 0.3) is 0 Å². The fraction of sp³-hybridized carbons (Fsp3) is 0. The molecule has 0 aliphatic heterocycles. The Labute approximate surface area is 119 Å². The van der Waals surface area contributed by atoms with Gasteiger partial charge in [-0.2, -0.15) is 5.26 Å². The first-order valence-electron chi connectivity index (χ1n) is 5.46. The van der Waals surface area contributed by atoms with Crippen molar-refractivity contribution in [1.29, 1.82) is 5.26 Å². The lowest BCUT2D eigenvalue weighted by atomic mass is 10.1. The summed E-state index contributed by atoms with van der Waals surface area (Å²) in [6, 6.07) is 13.6. The highest BCUT2D eigenvalue weighted by molar-refractivity contribution is 9.10. The molecule has 0 aliphatic carbocycles. The predicted octanol–water partition coefficient (Wildman–Crippen LogP) is 3.16. The molecule has 0 heterocycles. The average molecular weight is 316 g/mol. The minimum absolute atomic E-state index is 0.244. The van der Waals surface area contributed by atoms with Crippen molar-refractivity contribution in [2.24, 2.45) is 0 Å². The van der Waals surface area contributed by atoms with Crippen molar-refractivity contribution >= 4 is 33.2 Å². The van der Waals surface area contributed by atoms with Crippen molar-refractivity contribution < 1.29 is 4.79 Å². The molecule has 3 N–H and O–H groups in total. The second-order valence-electron chi connectivity index (χ2n) is 3.88. The Morgan fingerprint density at radius 3 is 2.47 bits per heavy atom. The number of hydrogen-bond donors (Lipinski definition) is 2. The number of nitrogens with one attached hydrogen (secondary N) is 1. The number of rotatable bonds is 2. The van der Waals surface area contributed by atoms with Crippen molar-refractivity contribution in [1.82, 2.24) is 0 Å². The van der Waals surface area contributed by atoms with Gasteiger partial charge < -0.3 is 11.1 Å². The topological polar surface area (TPSA) is 78.9 Å². The molecular weight excluding hydrogens is 306 g/mol. The van der Waals surface area contributed by atoms with E-state index in [1.54, 1.807) is 42.5 Å². The highest BCUT2D eigenvalue weighted by Crippen LogP contribution is 2.23. The third kappa shape index (κ3) is 3.12. The molecule has 0 fully saturated rings. The lowest BCUT2D eigenvalue weighted by Crippen LogP contribution is -2.11. The molecule has 0 atom stereocenters. The number of carbonyl (C=O) groups is 1. The molecule has 4 nitrogen and oxygen atoms in total. The van der Waals surface area contributed by atoms with E-state index in [4.69, 9.17) is 11.0 Å². The summed E-state index contributed by atoms with van der Waals surface area (Å²) < 4.78 is 0.781. The van der Waals surface area contributed by atoms with Crippen LogP contribution in [0.1, 0.15) is 15.9 Å². The van der Waals surface area contributed by atoms with Gasteiger partial charge in [0.05, 0.1) is 11.6 Å². The molecule has 0 saturated heterocycles. The number of nitrogens with zero attached hydrogens (tertiary/aromatic N) is 1. The van der Waals surface area contributed by atoms with Gasteiger partial charge in [-0.25, -0.2) is 0 Å². The lowest BCUT2D eigenvalue weighted by Gasteiger charge is -2.07. The number of nitriles is 1. The largest absolute Gasteiger partial charge is 0.398 e. The van der Waals surface area contributed by atoms with Gasteiger partial charge in [0.15, 0.2) is 0 Å². The molecule has 94 valence electrons. The standard InChI is InChI=1S/C14H10BrN3O/c15-12-6-5-11(7-13(12)17)18-14(19)10-3-1-9(8-16)2-4-10/h1-7H,17H2,(H,18,19). The number of halogens is 1. The van der Waals surface area contributed by atoms with Gasteiger partial charge in [-0.3, -0.25) is 4.79 Å². The Balaban J connectivity index is 2.16. The first-order valence-corrected chi connectivity index (χ1v) is 6.26. The van der Waals surface area contributed by atoms with Crippen LogP contribution in [0.5, 0.6) is 0 Å². The fourth-order valence-corrected chi connectivity index (χ4v) is 1.77. The van der Waals surface area contributed by atoms with Crippen LogP contribution in [0.2, 0.25) is 0 Å². The number of anilines is 2. The number of nitrogen functional groups attached to an aromatic ring is 1. The molecule has 0 spiro atoms. The van der Waals surface area contributed by atoms with Gasteiger partial charge in [0.25, 0.3) is 5.91 Å². The molecule has 2 aromatic carbocycles. The highest BCUT2D eigenvalue weighted by Gasteiger charge is 2.06. The quantitative estimate of drug-likeness (QED) is 0.835. The zero-order valence-electron chi connectivity index (χ0n) is 9.85. The molecule has 19 heavy (non-hydrogen) atoms. The van der Waals surface area contributed by atoms with Crippen LogP contribution in [0.15, 0.2) is 46.9 Å². The van der Waals surface area contributed by atoms with E-state index in [-0.39, 0.29) is 5.91 Å². The molecule has 0 aromatic heterocycles. The zero-order chi connectivity index (χ0) is 13.8. The Kier molecular flexibility index (Phi) is 3.83. The summed E-state index contributed by atoms with van der Waals surface area (Å²) in [5.74, 6) is -0.244. The Morgan fingerprint density at radius 2 is 1.89 bits per heavy atom. The van der Waals surface area contributed by atoms with Crippen molar-refractivity contribution in [3.8, 4) is 6.07 Å². The van der Waals surface area contributed by atoms with Gasteiger partial charge in [-0.15, -0.1) is 0 Å². The third-order valence-corrected chi connectivity index (χ3v) is 3.25. The predicted molar refractivity (Wildman–Crippen MR) is 77.7 cm³/mol. The van der Waals surface area contributed by atoms with Gasteiger partial charge >= 0.3 is 0 Å². The molecule has 0 unspecified atom stereocenters. The SMILES string of the molecule is N#Cc1ccc(C(=O)Nc2ccc(Br)c(N)c2)cc1. The number of nitrogens with two attached hydrogens (primary N) is 1. The summed E-state index contributed by atoms with van der Waals surface area (Å²) in [7, 11) is 0. The molecule has 0 aliphatic rings. The number of benzene rings is 2. The first kappa shape index (κ1) is 13.1. The van der Waals surface area contributed by atoms with Crippen molar-refractivity contribution in [3.05, 3.63) is 58.1 Å². The summed E-state index contributed by atoms with van der Waals surface area (Å²) in [4.78, 5) is 12.0. The molecular formula is C14H10BrN3O. The molecule has 1 amide bonds. The van der Waals surface area contributed by atoms with Crippen LogP contribution in [0, 0.1) is 11.3 Å². The van der Waals surface area contributed by atoms with Gasteiger partial charge in [0.2, 0.25) is 0 Å². The summed E-state index contributed by atoms with van der Waals surface area (Å²) in [5.41, 5.74) is 7.92. The third-order valence-electron chi connectivity index (χ3n) is 2.53. The molecule has 5 heteroatoms. The zero-order valence-corrected chi connectivity index (χ0v) is 11.4. The van der Waals surface area contributed by atoms with E-state index in [0.717, 1.165) is 4.47 Å². The van der Waals surface area contributed by atoms with Gasteiger partial charge in [-0.05, 0) is 58.4 Å². The maximum Gasteiger partial charge on any atom is 0.255 e. The van der Waals surface area contributed by atoms with Crippen molar-refractivity contribution in [3.63, 3.8) is 0 Å². The highest BCUT2D eigenvalue weighted by atomic mass is 79.9. The minimum Gasteiger partial charge on any atom is -0.398 e. The summed E-state index contributed by atoms with van der Waals surface area (Å²) in [6.07, 6.45) is 0. The number of hydrogen-bond acceptors (Lipinski definition) is 3. The number of amides is 1. The maximum absolute atomic E-state index is 12.0. The van der Waals surface area contributed by atoms with E-state index in [1.165, 1.54) is 0 Å². The molecule has 2 aromatic rings. The van der Waals surface area contributed by atoms with Gasteiger partial charge in [0.1, 0.15) is 0 Å². The molecule has 0 saturated carbocycles. The summed E-state index contributed by atoms with van der Waals surface area (Å²) >= 11 is 3.29. The van der Waals surface area contributed by atoms with E-state index in [9.17, 15) is 4.79 Å². The molecule has 2 rings (SSSR count). The van der Waals surface area contributed by atoms with Crippen LogP contribution in [-0.2, 0) is 0 Å². The Bertz CT molecular complexity index is 659. The van der Waals surface area contributed by atoms with Crippen LogP contribution >= 0.6 is 15.9 Å². The van der Waals surface area contributed by atoms with E-state index < -0.39 is 0 Å². The van der Waals surface area contributed by atoms with Gasteiger partial charge in [-0.1, -0.05) is 0 Å². The monoisotopic (exact) mass is 315 g/mol. The summed E-state index contributed by atoms with van der Waals surface area (Å²) in [6.45, 7) is 0. The second-order valence-corrected chi connectivity index (χ2v) is 4.73. The average Bonchev–Trinajstić information content (AvgIpc) is 2.43. The van der Waals surface area contributed by atoms with Crippen molar-refractivity contribution in [2.45, 2.75) is 0 Å². The van der Waals surface area contributed by atoms with E-state index in [2.05, 4.69) is 21.2 Å². The number of carbonyl (C=O) groups excluding carboxylic acids is 1. The Morgan fingerprint density at radius 1 is 1.21 bits per heavy atom. The lowest BCUT2D eigenvalue weighted by molar-refractivity contribution is 0.102. The normalized spacial score (nSPS) is 9.68. The van der Waals surface area contributed by atoms with E-state index in [0.29, 0.717) is 22.5 Å². The fourth-order valence-electron chi connectivity index (χ4n) is 1.52. The minimum atomic E-state index is -0.244. The Hall–Kier alpha value is -2.32. The van der Waals surface area contributed by atoms with Crippen LogP contribution in [0.4, 0.5) is 11.4 Å². The van der Waals surface area contributed by atoms with Crippen LogP contribution < -0.4 is 11.1 Å². The van der Waals surface area contributed by atoms with Crippen LogP contribution in [0.3, 0.4) is 0 Å². The van der Waals surface area contributed by atoms with E-state index in [1.807, 2.05) is 6.07 Å². The summed E-state index contributed by atoms with van der Waals surface area (Å²) in [5, 5.41) is 11.4. The maximum atomic E-state index is 12.0. The molecule has 0 bridgehead atoms. The first-order chi connectivity index (χ1) is 9.10. The van der Waals surface area contributed by atoms with E-state index >= 15 is 0 Å². The molecule has 0 radical (unpaired) electrons. The van der Waals surface area contributed by atoms with Gasteiger partial charge in [0, 0.05) is 21.4 Å². The second kappa shape index (κ2) is 5.55. The van der Waals surface area contributed by atoms with Crippen LogP contribution in [-0.4, -0.2) is 5.91 Å². The van der Waals surface area contributed by atoms with Crippen molar-refractivity contribution in [2.75, 3.05) is 11.1 Å².